The molecule has 0 bridgehead atoms. The fraction of sp³-hybridized carbons (Fsp3) is 0.176. The van der Waals surface area contributed by atoms with Gasteiger partial charge >= 0.3 is 12.1 Å². The first-order valence-corrected chi connectivity index (χ1v) is 8.05. The summed E-state index contributed by atoms with van der Waals surface area (Å²) in [5, 5.41) is 7.12. The molecular formula is C17H15F3N2O2S. The van der Waals surface area contributed by atoms with Crippen LogP contribution in [0.25, 0.3) is 21.3 Å². The van der Waals surface area contributed by atoms with Crippen LogP contribution in [-0.4, -0.2) is 22.2 Å². The second kappa shape index (κ2) is 7.62. The lowest BCUT2D eigenvalue weighted by Gasteiger charge is -2.07. The van der Waals surface area contributed by atoms with Crippen LogP contribution in [0.5, 0.6) is 0 Å². The number of nitrogens with zero attached hydrogens (tertiary/aromatic N) is 1. The molecule has 132 valence electrons. The van der Waals surface area contributed by atoms with E-state index in [0.717, 1.165) is 11.1 Å². The van der Waals surface area contributed by atoms with Gasteiger partial charge in [-0.25, -0.2) is 9.78 Å². The molecule has 25 heavy (non-hydrogen) atoms. The average molecular weight is 368 g/mol. The van der Waals surface area contributed by atoms with E-state index in [9.17, 15) is 13.2 Å². The van der Waals surface area contributed by atoms with Gasteiger partial charge in [0.25, 0.3) is 0 Å². The SMILES string of the molecule is C[C@@H](N)c1ccc(-c2ccc3ncsc3c2)cc1.O=C(O)C(F)(F)F. The second-order valence-corrected chi connectivity index (χ2v) is 6.13. The Labute approximate surface area is 145 Å². The van der Waals surface area contributed by atoms with Crippen molar-refractivity contribution in [2.75, 3.05) is 0 Å². The summed E-state index contributed by atoms with van der Waals surface area (Å²) < 4.78 is 33.0. The number of halogens is 3. The minimum absolute atomic E-state index is 0.0861. The van der Waals surface area contributed by atoms with Gasteiger partial charge in [-0.3, -0.25) is 0 Å². The molecule has 1 aromatic heterocycles. The van der Waals surface area contributed by atoms with E-state index < -0.39 is 12.1 Å². The fourth-order valence-electron chi connectivity index (χ4n) is 2.01. The molecule has 0 saturated carbocycles. The molecule has 0 spiro atoms. The van der Waals surface area contributed by atoms with Crippen molar-refractivity contribution in [1.29, 1.82) is 0 Å². The Morgan fingerprint density at radius 3 is 2.24 bits per heavy atom. The van der Waals surface area contributed by atoms with E-state index in [1.54, 1.807) is 11.3 Å². The van der Waals surface area contributed by atoms with Crippen LogP contribution >= 0.6 is 11.3 Å². The minimum atomic E-state index is -5.08. The largest absolute Gasteiger partial charge is 0.490 e. The number of carboxylic acid groups (broad SMARTS) is 1. The standard InChI is InChI=1S/C15H14N2S.C2HF3O2/c1-10(16)11-2-4-12(5-3-11)13-6-7-14-15(8-13)18-9-17-14;3-2(4,5)1(6)7/h2-10H,16H2,1H3;(H,6,7)/t10-;/m1./s1. The van der Waals surface area contributed by atoms with Crippen LogP contribution in [0.1, 0.15) is 18.5 Å². The zero-order chi connectivity index (χ0) is 18.6. The molecule has 0 amide bonds. The molecule has 2 aromatic carbocycles. The second-order valence-electron chi connectivity index (χ2n) is 5.25. The summed E-state index contributed by atoms with van der Waals surface area (Å²) >= 11 is 1.67. The molecule has 0 radical (unpaired) electrons. The number of carboxylic acids is 1. The molecule has 0 unspecified atom stereocenters. The van der Waals surface area contributed by atoms with Crippen molar-refractivity contribution in [2.24, 2.45) is 5.73 Å². The zero-order valence-electron chi connectivity index (χ0n) is 13.1. The van der Waals surface area contributed by atoms with Crippen molar-refractivity contribution < 1.29 is 23.1 Å². The Bertz CT molecular complexity index is 858. The molecule has 0 aliphatic heterocycles. The van der Waals surface area contributed by atoms with Crippen molar-refractivity contribution in [3.05, 3.63) is 53.5 Å². The third kappa shape index (κ3) is 5.01. The number of alkyl halides is 3. The quantitative estimate of drug-likeness (QED) is 0.692. The number of rotatable bonds is 2. The van der Waals surface area contributed by atoms with Gasteiger partial charge in [0.15, 0.2) is 0 Å². The van der Waals surface area contributed by atoms with Crippen molar-refractivity contribution in [1.82, 2.24) is 4.98 Å². The third-order valence-electron chi connectivity index (χ3n) is 3.34. The number of carbonyl (C=O) groups is 1. The predicted molar refractivity (Wildman–Crippen MR) is 91.3 cm³/mol. The van der Waals surface area contributed by atoms with E-state index >= 15 is 0 Å². The summed E-state index contributed by atoms with van der Waals surface area (Å²) in [5.74, 6) is -2.76. The molecule has 0 saturated heterocycles. The van der Waals surface area contributed by atoms with Crippen LogP contribution in [0.15, 0.2) is 48.0 Å². The first-order chi connectivity index (χ1) is 11.7. The molecule has 4 nitrogen and oxygen atoms in total. The summed E-state index contributed by atoms with van der Waals surface area (Å²) in [6.45, 7) is 2.00. The highest BCUT2D eigenvalue weighted by Gasteiger charge is 2.38. The number of hydrogen-bond acceptors (Lipinski definition) is 4. The molecule has 3 aromatic rings. The van der Waals surface area contributed by atoms with Crippen LogP contribution in [0.3, 0.4) is 0 Å². The van der Waals surface area contributed by atoms with E-state index in [2.05, 4.69) is 47.4 Å². The van der Waals surface area contributed by atoms with Gasteiger partial charge in [0.1, 0.15) is 0 Å². The third-order valence-corrected chi connectivity index (χ3v) is 4.14. The van der Waals surface area contributed by atoms with E-state index in [4.69, 9.17) is 15.6 Å². The molecular weight excluding hydrogens is 353 g/mol. The molecule has 1 atom stereocenters. The lowest BCUT2D eigenvalue weighted by Crippen LogP contribution is -2.21. The van der Waals surface area contributed by atoms with E-state index in [0.29, 0.717) is 0 Å². The number of thiazole rings is 1. The smallest absolute Gasteiger partial charge is 0.475 e. The highest BCUT2D eigenvalue weighted by Crippen LogP contribution is 2.27. The summed E-state index contributed by atoms with van der Waals surface area (Å²) in [7, 11) is 0. The average Bonchev–Trinajstić information content (AvgIpc) is 3.02. The lowest BCUT2D eigenvalue weighted by molar-refractivity contribution is -0.192. The molecule has 3 rings (SSSR count). The van der Waals surface area contributed by atoms with Gasteiger partial charge < -0.3 is 10.8 Å². The van der Waals surface area contributed by atoms with E-state index in [1.807, 2.05) is 12.4 Å². The number of benzene rings is 2. The highest BCUT2D eigenvalue weighted by atomic mass is 32.1. The van der Waals surface area contributed by atoms with Crippen molar-refractivity contribution in [2.45, 2.75) is 19.1 Å². The zero-order valence-corrected chi connectivity index (χ0v) is 13.9. The topological polar surface area (TPSA) is 76.2 Å². The highest BCUT2D eigenvalue weighted by molar-refractivity contribution is 7.16. The lowest BCUT2D eigenvalue weighted by atomic mass is 10.0. The minimum Gasteiger partial charge on any atom is -0.475 e. The number of hydrogen-bond donors (Lipinski definition) is 2. The van der Waals surface area contributed by atoms with Gasteiger partial charge in [0.05, 0.1) is 15.7 Å². The van der Waals surface area contributed by atoms with Gasteiger partial charge in [0.2, 0.25) is 0 Å². The van der Waals surface area contributed by atoms with Crippen LogP contribution in [-0.2, 0) is 4.79 Å². The van der Waals surface area contributed by atoms with Gasteiger partial charge in [-0.05, 0) is 35.7 Å². The Hall–Kier alpha value is -2.45. The molecule has 0 aliphatic carbocycles. The van der Waals surface area contributed by atoms with Crippen LogP contribution < -0.4 is 5.73 Å². The monoisotopic (exact) mass is 368 g/mol. The van der Waals surface area contributed by atoms with Crippen molar-refractivity contribution >= 4 is 27.5 Å². The first-order valence-electron chi connectivity index (χ1n) is 7.18. The summed E-state index contributed by atoms with van der Waals surface area (Å²) in [6, 6.07) is 14.9. The van der Waals surface area contributed by atoms with Crippen molar-refractivity contribution in [3.8, 4) is 11.1 Å². The number of fused-ring (bicyclic) bond motifs is 1. The van der Waals surface area contributed by atoms with Gasteiger partial charge in [0, 0.05) is 6.04 Å². The Morgan fingerprint density at radius 1 is 1.16 bits per heavy atom. The molecule has 0 aliphatic rings. The molecule has 1 heterocycles. The maximum absolute atomic E-state index is 10.6. The van der Waals surface area contributed by atoms with E-state index in [-0.39, 0.29) is 6.04 Å². The maximum atomic E-state index is 10.6. The Morgan fingerprint density at radius 2 is 1.72 bits per heavy atom. The Kier molecular flexibility index (Phi) is 5.76. The van der Waals surface area contributed by atoms with Crippen LogP contribution in [0.2, 0.25) is 0 Å². The van der Waals surface area contributed by atoms with Gasteiger partial charge in [-0.2, -0.15) is 13.2 Å². The number of aliphatic carboxylic acids is 1. The number of nitrogens with two attached hydrogens (primary N) is 1. The summed E-state index contributed by atoms with van der Waals surface area (Å²) in [6.07, 6.45) is -5.08. The fourth-order valence-corrected chi connectivity index (χ4v) is 2.73. The maximum Gasteiger partial charge on any atom is 0.490 e. The Balaban J connectivity index is 0.000000277. The van der Waals surface area contributed by atoms with Crippen molar-refractivity contribution in [3.63, 3.8) is 0 Å². The predicted octanol–water partition coefficient (Wildman–Crippen LogP) is 4.62. The summed E-state index contributed by atoms with van der Waals surface area (Å²) in [5.41, 5.74) is 12.4. The molecule has 0 fully saturated rings. The number of aromatic nitrogens is 1. The molecule has 3 N–H and O–H groups in total. The van der Waals surface area contributed by atoms with Crippen LogP contribution in [0.4, 0.5) is 13.2 Å². The molecule has 8 heteroatoms. The van der Waals surface area contributed by atoms with Gasteiger partial charge in [-0.1, -0.05) is 30.3 Å². The first kappa shape index (κ1) is 18.9. The van der Waals surface area contributed by atoms with Crippen LogP contribution in [0, 0.1) is 0 Å². The summed E-state index contributed by atoms with van der Waals surface area (Å²) in [4.78, 5) is 13.2. The normalized spacial score (nSPS) is 12.4. The van der Waals surface area contributed by atoms with E-state index in [1.165, 1.54) is 15.8 Å². The van der Waals surface area contributed by atoms with Gasteiger partial charge in [-0.15, -0.1) is 11.3 Å².